The van der Waals surface area contributed by atoms with Crippen LogP contribution in [-0.4, -0.2) is 47.8 Å². The van der Waals surface area contributed by atoms with Crippen LogP contribution in [-0.2, 0) is 4.79 Å². The van der Waals surface area contributed by atoms with Crippen molar-refractivity contribution in [2.75, 3.05) is 36.4 Å². The molecule has 0 unspecified atom stereocenters. The van der Waals surface area contributed by atoms with Crippen LogP contribution in [0.2, 0.25) is 5.02 Å². The minimum Gasteiger partial charge on any atom is -0.366 e. The monoisotopic (exact) mass is 430 g/mol. The Bertz CT molecular complexity index is 941. The second kappa shape index (κ2) is 9.58. The van der Waals surface area contributed by atoms with E-state index in [2.05, 4.69) is 10.2 Å². The Labute approximate surface area is 179 Å². The molecule has 0 bridgehead atoms. The molecule has 2 amide bonds. The zero-order valence-electron chi connectivity index (χ0n) is 16.6. The lowest BCUT2D eigenvalue weighted by molar-refractivity contribution is -0.384. The number of carbonyl (C=O) groups is 2. The maximum Gasteiger partial charge on any atom is 0.269 e. The number of benzene rings is 2. The van der Waals surface area contributed by atoms with E-state index in [1.807, 2.05) is 17.9 Å². The summed E-state index contributed by atoms with van der Waals surface area (Å²) in [5.74, 6) is -0.217. The van der Waals surface area contributed by atoms with E-state index in [0.717, 1.165) is 12.1 Å². The van der Waals surface area contributed by atoms with Gasteiger partial charge in [0.15, 0.2) is 0 Å². The molecule has 0 aliphatic carbocycles. The van der Waals surface area contributed by atoms with Gasteiger partial charge >= 0.3 is 0 Å². The number of nitro benzene ring substituents is 1. The Morgan fingerprint density at radius 2 is 1.77 bits per heavy atom. The highest BCUT2D eigenvalue weighted by molar-refractivity contribution is 6.31. The van der Waals surface area contributed by atoms with Crippen LogP contribution in [0.5, 0.6) is 0 Å². The number of amides is 2. The summed E-state index contributed by atoms with van der Waals surface area (Å²) < 4.78 is 0. The molecule has 0 radical (unpaired) electrons. The Morgan fingerprint density at radius 3 is 2.37 bits per heavy atom. The van der Waals surface area contributed by atoms with Crippen molar-refractivity contribution in [3.05, 3.63) is 63.2 Å². The fraction of sp³-hybridized carbons (Fsp3) is 0.333. The number of hydrogen-bond donors (Lipinski definition) is 1. The lowest BCUT2D eigenvalue weighted by atomic mass is 10.1. The first-order valence-electron chi connectivity index (χ1n) is 9.77. The molecule has 9 heteroatoms. The zero-order valence-corrected chi connectivity index (χ0v) is 17.4. The number of nitrogens with zero attached hydrogens (tertiary/aromatic N) is 3. The molecule has 158 valence electrons. The number of piperazine rings is 1. The van der Waals surface area contributed by atoms with Gasteiger partial charge in [0.2, 0.25) is 5.91 Å². The fourth-order valence-corrected chi connectivity index (χ4v) is 3.55. The minimum absolute atomic E-state index is 0.0783. The van der Waals surface area contributed by atoms with Gasteiger partial charge in [0.1, 0.15) is 0 Å². The van der Waals surface area contributed by atoms with Gasteiger partial charge < -0.3 is 15.1 Å². The largest absolute Gasteiger partial charge is 0.366 e. The molecule has 1 aliphatic heterocycles. The van der Waals surface area contributed by atoms with Gasteiger partial charge in [0.25, 0.3) is 11.6 Å². The molecule has 0 saturated carbocycles. The van der Waals surface area contributed by atoms with Crippen LogP contribution >= 0.6 is 11.6 Å². The molecular formula is C21H23ClN4O4. The number of nitro groups is 1. The standard InChI is InChI=1S/C21H23ClN4O4/c1-2-3-20(27)25-12-10-24(11-13-25)19-9-6-16(22)14-18(19)23-21(28)15-4-7-17(8-5-15)26(29)30/h4-9,14H,2-3,10-13H2,1H3,(H,23,28). The predicted molar refractivity (Wildman–Crippen MR) is 116 cm³/mol. The van der Waals surface area contributed by atoms with E-state index >= 15 is 0 Å². The molecule has 0 aromatic heterocycles. The van der Waals surface area contributed by atoms with Crippen LogP contribution in [0.3, 0.4) is 0 Å². The van der Waals surface area contributed by atoms with Crippen molar-refractivity contribution in [1.29, 1.82) is 0 Å². The van der Waals surface area contributed by atoms with Crippen molar-refractivity contribution in [3.8, 4) is 0 Å². The number of hydrogen-bond acceptors (Lipinski definition) is 5. The van der Waals surface area contributed by atoms with E-state index in [9.17, 15) is 19.7 Å². The van der Waals surface area contributed by atoms with Gasteiger partial charge in [-0.05, 0) is 36.8 Å². The molecule has 0 spiro atoms. The summed E-state index contributed by atoms with van der Waals surface area (Å²) in [6.45, 7) is 4.53. The van der Waals surface area contributed by atoms with E-state index < -0.39 is 4.92 Å². The second-order valence-corrected chi connectivity index (χ2v) is 7.47. The Balaban J connectivity index is 1.73. The molecule has 3 rings (SSSR count). The third-order valence-electron chi connectivity index (χ3n) is 4.98. The number of carbonyl (C=O) groups excluding carboxylic acids is 2. The third kappa shape index (κ3) is 5.07. The van der Waals surface area contributed by atoms with Crippen molar-refractivity contribution in [1.82, 2.24) is 4.90 Å². The van der Waals surface area contributed by atoms with E-state index in [1.54, 1.807) is 12.1 Å². The summed E-state index contributed by atoms with van der Waals surface area (Å²) in [5.41, 5.74) is 1.60. The van der Waals surface area contributed by atoms with Crippen molar-refractivity contribution in [3.63, 3.8) is 0 Å². The molecule has 2 aromatic rings. The van der Waals surface area contributed by atoms with Crippen molar-refractivity contribution < 1.29 is 14.5 Å². The van der Waals surface area contributed by atoms with E-state index in [4.69, 9.17) is 11.6 Å². The summed E-state index contributed by atoms with van der Waals surface area (Å²) >= 11 is 6.14. The van der Waals surface area contributed by atoms with Gasteiger partial charge in [-0.3, -0.25) is 19.7 Å². The lowest BCUT2D eigenvalue weighted by Gasteiger charge is -2.37. The number of nitrogens with one attached hydrogen (secondary N) is 1. The van der Waals surface area contributed by atoms with Crippen LogP contribution in [0, 0.1) is 10.1 Å². The van der Waals surface area contributed by atoms with E-state index in [-0.39, 0.29) is 17.5 Å². The maximum atomic E-state index is 12.7. The smallest absolute Gasteiger partial charge is 0.269 e. The SMILES string of the molecule is CCCC(=O)N1CCN(c2ccc(Cl)cc2NC(=O)c2ccc([N+](=O)[O-])cc2)CC1. The number of halogens is 1. The van der Waals surface area contributed by atoms with Crippen LogP contribution in [0.25, 0.3) is 0 Å². The first kappa shape index (κ1) is 21.6. The molecule has 1 N–H and O–H groups in total. The first-order valence-corrected chi connectivity index (χ1v) is 10.1. The highest BCUT2D eigenvalue weighted by atomic mass is 35.5. The fourth-order valence-electron chi connectivity index (χ4n) is 3.38. The van der Waals surface area contributed by atoms with Gasteiger partial charge in [-0.15, -0.1) is 0 Å². The Hall–Kier alpha value is -3.13. The van der Waals surface area contributed by atoms with Crippen LogP contribution in [0.4, 0.5) is 17.1 Å². The highest BCUT2D eigenvalue weighted by Gasteiger charge is 2.23. The van der Waals surface area contributed by atoms with Gasteiger partial charge in [0, 0.05) is 55.3 Å². The summed E-state index contributed by atoms with van der Waals surface area (Å²) in [6, 6.07) is 10.7. The second-order valence-electron chi connectivity index (χ2n) is 7.04. The minimum atomic E-state index is -0.512. The third-order valence-corrected chi connectivity index (χ3v) is 5.22. The zero-order chi connectivity index (χ0) is 21.7. The molecule has 1 aliphatic rings. The lowest BCUT2D eigenvalue weighted by Crippen LogP contribution is -2.48. The maximum absolute atomic E-state index is 12.7. The highest BCUT2D eigenvalue weighted by Crippen LogP contribution is 2.30. The van der Waals surface area contributed by atoms with Crippen LogP contribution < -0.4 is 10.2 Å². The van der Waals surface area contributed by atoms with Gasteiger partial charge in [-0.2, -0.15) is 0 Å². The van der Waals surface area contributed by atoms with Crippen molar-refractivity contribution >= 4 is 40.5 Å². The summed E-state index contributed by atoms with van der Waals surface area (Å²) in [4.78, 5) is 39.0. The molecule has 2 aromatic carbocycles. The molecule has 1 heterocycles. The van der Waals surface area contributed by atoms with E-state index in [1.165, 1.54) is 24.3 Å². The quantitative estimate of drug-likeness (QED) is 0.553. The summed E-state index contributed by atoms with van der Waals surface area (Å²) in [6.07, 6.45) is 1.38. The average molecular weight is 431 g/mol. The summed E-state index contributed by atoms with van der Waals surface area (Å²) in [5, 5.41) is 14.1. The van der Waals surface area contributed by atoms with E-state index in [0.29, 0.717) is 48.9 Å². The van der Waals surface area contributed by atoms with Gasteiger partial charge in [-0.1, -0.05) is 18.5 Å². The predicted octanol–water partition coefficient (Wildman–Crippen LogP) is 3.95. The van der Waals surface area contributed by atoms with Crippen LogP contribution in [0.1, 0.15) is 30.1 Å². The van der Waals surface area contributed by atoms with Gasteiger partial charge in [0.05, 0.1) is 16.3 Å². The van der Waals surface area contributed by atoms with Crippen molar-refractivity contribution in [2.45, 2.75) is 19.8 Å². The Morgan fingerprint density at radius 1 is 1.10 bits per heavy atom. The molecule has 8 nitrogen and oxygen atoms in total. The molecular weight excluding hydrogens is 408 g/mol. The molecule has 0 atom stereocenters. The molecule has 1 saturated heterocycles. The molecule has 30 heavy (non-hydrogen) atoms. The summed E-state index contributed by atoms with van der Waals surface area (Å²) in [7, 11) is 0. The average Bonchev–Trinajstić information content (AvgIpc) is 2.74. The number of rotatable bonds is 6. The molecule has 1 fully saturated rings. The normalized spacial score (nSPS) is 13.8. The van der Waals surface area contributed by atoms with Crippen LogP contribution in [0.15, 0.2) is 42.5 Å². The van der Waals surface area contributed by atoms with Gasteiger partial charge in [-0.25, -0.2) is 0 Å². The Kier molecular flexibility index (Phi) is 6.89. The topological polar surface area (TPSA) is 95.8 Å². The number of non-ortho nitro benzene ring substituents is 1. The van der Waals surface area contributed by atoms with Crippen molar-refractivity contribution in [2.24, 2.45) is 0 Å². The number of anilines is 2. The first-order chi connectivity index (χ1) is 14.4.